The number of rotatable bonds is 16. The van der Waals surface area contributed by atoms with Crippen LogP contribution in [0.15, 0.2) is 137 Å². The fourth-order valence-electron chi connectivity index (χ4n) is 9.24. The zero-order valence-electron chi connectivity index (χ0n) is 42.0. The lowest BCUT2D eigenvalue weighted by Crippen LogP contribution is -2.41. The third-order valence-corrected chi connectivity index (χ3v) is 15.1. The van der Waals surface area contributed by atoms with Crippen LogP contribution in [0.25, 0.3) is 10.4 Å². The maximum atomic E-state index is 15.4. The summed E-state index contributed by atoms with van der Waals surface area (Å²) in [7, 11) is -4.45. The smallest absolute Gasteiger partial charge is 0.410 e. The first-order chi connectivity index (χ1) is 38.0. The van der Waals surface area contributed by atoms with Crippen LogP contribution in [0.2, 0.25) is 0 Å². The molecule has 0 aliphatic carbocycles. The molecule has 8 rings (SSSR count). The van der Waals surface area contributed by atoms with Crippen molar-refractivity contribution in [3.8, 4) is 17.2 Å². The van der Waals surface area contributed by atoms with Gasteiger partial charge in [0.1, 0.15) is 36.7 Å². The number of carbonyl (C=O) groups excluding carboxylic acids is 3. The highest BCUT2D eigenvalue weighted by Crippen LogP contribution is 2.49. The maximum absolute atomic E-state index is 15.4. The molecule has 18 nitrogen and oxygen atoms in total. The Morgan fingerprint density at radius 1 is 0.759 bits per heavy atom. The summed E-state index contributed by atoms with van der Waals surface area (Å²) in [5.74, 6) is -16.6. The molecule has 0 spiro atoms. The molecular formula is C55H50F5N7O11S. The van der Waals surface area contributed by atoms with E-state index in [2.05, 4.69) is 10.0 Å². The number of sulfonamides is 1. The summed E-state index contributed by atoms with van der Waals surface area (Å²) < 4.78 is 126. The van der Waals surface area contributed by atoms with Crippen molar-refractivity contribution in [2.75, 3.05) is 39.3 Å². The number of nitro groups is 1. The molecule has 79 heavy (non-hydrogen) atoms. The lowest BCUT2D eigenvalue weighted by atomic mass is 9.87. The van der Waals surface area contributed by atoms with Gasteiger partial charge in [-0.3, -0.25) is 19.7 Å². The highest BCUT2D eigenvalue weighted by molar-refractivity contribution is 7.89. The number of benzene rings is 6. The van der Waals surface area contributed by atoms with Crippen molar-refractivity contribution >= 4 is 33.7 Å². The number of fused-ring (bicyclic) bond motifs is 1. The maximum Gasteiger partial charge on any atom is 0.410 e. The molecule has 2 aliphatic heterocycles. The first kappa shape index (κ1) is 56.6. The normalized spacial score (nSPS) is 17.1. The summed E-state index contributed by atoms with van der Waals surface area (Å²) >= 11 is 0. The second kappa shape index (κ2) is 25.7. The van der Waals surface area contributed by atoms with Crippen LogP contribution in [-0.4, -0.2) is 84.7 Å². The Bertz CT molecular complexity index is 3320. The van der Waals surface area contributed by atoms with E-state index in [-0.39, 0.29) is 99.1 Å². The van der Waals surface area contributed by atoms with Crippen molar-refractivity contribution in [3.05, 3.63) is 205 Å². The summed E-state index contributed by atoms with van der Waals surface area (Å²) in [5.41, 5.74) is 11.0. The molecule has 2 heterocycles. The molecule has 0 saturated heterocycles. The largest absolute Gasteiger partial charge is 0.489 e. The number of esters is 1. The van der Waals surface area contributed by atoms with Crippen LogP contribution in [0.1, 0.15) is 78.0 Å². The zero-order chi connectivity index (χ0) is 56.2. The van der Waals surface area contributed by atoms with Crippen molar-refractivity contribution in [1.29, 1.82) is 0 Å². The predicted octanol–water partition coefficient (Wildman–Crippen LogP) is 11.2. The number of amides is 2. The lowest BCUT2D eigenvalue weighted by Gasteiger charge is -2.33. The monoisotopic (exact) mass is 1110 g/mol. The number of nitro benzene ring substituents is 1. The Labute approximate surface area is 449 Å². The van der Waals surface area contributed by atoms with Crippen LogP contribution in [0.3, 0.4) is 0 Å². The van der Waals surface area contributed by atoms with Crippen LogP contribution in [-0.2, 0) is 37.6 Å². The van der Waals surface area contributed by atoms with Crippen molar-refractivity contribution < 1.29 is 68.6 Å². The Hall–Kier alpha value is -8.60. The first-order valence-corrected chi connectivity index (χ1v) is 26.3. The van der Waals surface area contributed by atoms with Crippen LogP contribution < -0.4 is 14.2 Å². The number of non-ortho nitro benzene ring substituents is 1. The van der Waals surface area contributed by atoms with Crippen LogP contribution in [0, 0.1) is 39.2 Å². The van der Waals surface area contributed by atoms with E-state index in [4.69, 9.17) is 24.5 Å². The number of azide groups is 1. The molecule has 3 atom stereocenters. The summed E-state index contributed by atoms with van der Waals surface area (Å²) in [6, 6.07) is 31.7. The molecule has 2 aliphatic rings. The van der Waals surface area contributed by atoms with Gasteiger partial charge < -0.3 is 28.7 Å². The molecular weight excluding hydrogens is 1060 g/mol. The molecule has 6 aromatic rings. The Morgan fingerprint density at radius 2 is 1.37 bits per heavy atom. The Balaban J connectivity index is 1.24. The standard InChI is InChI=1S/C55H50F5N7O11S/c56-47-48(57)50(59)53(51(60)49(47)58)78-45(68)32-43-38-17-24-44-42(31-38)46(52(77-44)37-15-20-40(21-16-37)75-33-35-11-3-1-4-12-35)54(69)64(27-9-25-62-63-61)26-7-8-28-65(79(73,74)41-22-18-39(19-23-41)67(71)72)29-10-30-66(43)55(70)76-34-36-13-5-2-6-14-36/h1-6,11-24,31,43,46,52H,7-10,25-30,32-34H2/t43?,46-,52+/m1/s1. The zero-order valence-corrected chi connectivity index (χ0v) is 42.8. The van der Waals surface area contributed by atoms with Gasteiger partial charge in [0.15, 0.2) is 0 Å². The summed E-state index contributed by atoms with van der Waals surface area (Å²) in [5, 5.41) is 15.1. The van der Waals surface area contributed by atoms with Crippen LogP contribution in [0.4, 0.5) is 32.4 Å². The van der Waals surface area contributed by atoms with Crippen molar-refractivity contribution in [2.45, 2.75) is 68.3 Å². The molecule has 0 radical (unpaired) electrons. The summed E-state index contributed by atoms with van der Waals surface area (Å²) in [6.45, 7) is -0.858. The fourth-order valence-corrected chi connectivity index (χ4v) is 10.8. The van der Waals surface area contributed by atoms with E-state index in [1.165, 1.54) is 23.1 Å². The number of hydrogen-bond acceptors (Lipinski definition) is 12. The Kier molecular flexibility index (Phi) is 18.4. The van der Waals surface area contributed by atoms with Gasteiger partial charge in [0, 0.05) is 61.9 Å². The topological polar surface area (TPSA) is 224 Å². The molecule has 6 aromatic carbocycles. The fraction of sp³-hybridized carbons (Fsp3) is 0.291. The van der Waals surface area contributed by atoms with Gasteiger partial charge in [-0.2, -0.15) is 13.1 Å². The minimum absolute atomic E-state index is 0.0102. The Morgan fingerprint density at radius 3 is 2.01 bits per heavy atom. The minimum Gasteiger partial charge on any atom is -0.489 e. The second-order valence-corrected chi connectivity index (χ2v) is 20.3. The first-order valence-electron chi connectivity index (χ1n) is 24.9. The average molecular weight is 1110 g/mol. The third kappa shape index (κ3) is 13.4. The van der Waals surface area contributed by atoms with Crippen LogP contribution in [0.5, 0.6) is 17.2 Å². The number of ether oxygens (including phenoxy) is 4. The van der Waals surface area contributed by atoms with Gasteiger partial charge in [-0.15, -0.1) is 0 Å². The van der Waals surface area contributed by atoms with E-state index in [1.807, 2.05) is 30.3 Å². The van der Waals surface area contributed by atoms with E-state index in [0.29, 0.717) is 16.9 Å². The van der Waals surface area contributed by atoms with E-state index in [1.54, 1.807) is 54.6 Å². The van der Waals surface area contributed by atoms with Gasteiger partial charge in [-0.05, 0) is 89.9 Å². The molecule has 0 fully saturated rings. The minimum atomic E-state index is -4.45. The summed E-state index contributed by atoms with van der Waals surface area (Å²) in [6.07, 6.45) is -2.78. The molecule has 1 unspecified atom stereocenters. The second-order valence-electron chi connectivity index (χ2n) is 18.3. The molecule has 0 N–H and O–H groups in total. The number of hydrogen-bond donors (Lipinski definition) is 0. The van der Waals surface area contributed by atoms with E-state index < -0.39 is 98.8 Å². The van der Waals surface area contributed by atoms with Crippen LogP contribution >= 0.6 is 0 Å². The number of carbonyl (C=O) groups is 3. The SMILES string of the molecule is [N-]=[N+]=NCCCN1CCCCN(S(=O)(=O)c2ccc([N+](=O)[O-])cc2)CCCN(C(=O)OCc2ccccc2)C(CC(=O)Oc2c(F)c(F)c(F)c(F)c2F)c2ccc3c(c2)[C@@H](C1=O)[C@H](c1ccc(OCc2ccccc2)cc1)O3. The van der Waals surface area contributed by atoms with Gasteiger partial charge in [0.05, 0.1) is 22.3 Å². The third-order valence-electron chi connectivity index (χ3n) is 13.2. The van der Waals surface area contributed by atoms with E-state index >= 15 is 13.6 Å². The molecule has 2 bridgehead atoms. The quantitative estimate of drug-likeness (QED) is 0.00757. The van der Waals surface area contributed by atoms with Gasteiger partial charge in [-0.25, -0.2) is 26.4 Å². The number of nitrogens with zero attached hydrogens (tertiary/aromatic N) is 7. The van der Waals surface area contributed by atoms with Crippen molar-refractivity contribution in [3.63, 3.8) is 0 Å². The molecule has 2 amide bonds. The average Bonchev–Trinajstić information content (AvgIpc) is 4.07. The molecule has 24 heteroatoms. The molecule has 412 valence electrons. The van der Waals surface area contributed by atoms with Gasteiger partial charge >= 0.3 is 12.1 Å². The number of halogens is 5. The highest BCUT2D eigenvalue weighted by Gasteiger charge is 2.44. The molecule has 0 saturated carbocycles. The van der Waals surface area contributed by atoms with Gasteiger partial charge in [0.25, 0.3) is 5.69 Å². The van der Waals surface area contributed by atoms with Gasteiger partial charge in [-0.1, -0.05) is 84.0 Å². The highest BCUT2D eigenvalue weighted by atomic mass is 32.2. The van der Waals surface area contributed by atoms with E-state index in [0.717, 1.165) is 39.0 Å². The van der Waals surface area contributed by atoms with Crippen molar-refractivity contribution in [1.82, 2.24) is 14.1 Å². The van der Waals surface area contributed by atoms with Crippen molar-refractivity contribution in [2.24, 2.45) is 5.11 Å². The molecule has 0 aromatic heterocycles. The lowest BCUT2D eigenvalue weighted by molar-refractivity contribution is -0.384. The van der Waals surface area contributed by atoms with E-state index in [9.17, 15) is 41.3 Å². The predicted molar refractivity (Wildman–Crippen MR) is 273 cm³/mol. The van der Waals surface area contributed by atoms with Gasteiger partial charge in [0.2, 0.25) is 50.8 Å². The summed E-state index contributed by atoms with van der Waals surface area (Å²) in [4.78, 5) is 60.0.